The Balaban J connectivity index is 0.000000312. The topological polar surface area (TPSA) is 105 Å². The highest BCUT2D eigenvalue weighted by atomic mass is 32.2. The molecule has 0 unspecified atom stereocenters. The number of nitrogens with zero attached hydrogens (tertiary/aromatic N) is 1. The molecule has 102 valence electrons. The zero-order valence-electron chi connectivity index (χ0n) is 10.1. The van der Waals surface area contributed by atoms with Crippen molar-refractivity contribution in [1.29, 1.82) is 0 Å². The highest BCUT2D eigenvalue weighted by molar-refractivity contribution is 7.85. The first kappa shape index (κ1) is 15.1. The first-order chi connectivity index (χ1) is 8.75. The minimum Gasteiger partial charge on any atom is -0.481 e. The number of benzene rings is 1. The van der Waals surface area contributed by atoms with E-state index in [-0.39, 0.29) is 6.42 Å². The molecule has 0 fully saturated rings. The molecule has 1 aromatic carbocycles. The lowest BCUT2D eigenvalue weighted by Crippen LogP contribution is -1.99. The van der Waals surface area contributed by atoms with Crippen molar-refractivity contribution in [1.82, 2.24) is 4.98 Å². The number of hydrogen-bond acceptors (Lipinski definition) is 4. The van der Waals surface area contributed by atoms with E-state index in [2.05, 4.69) is 4.98 Å². The van der Waals surface area contributed by atoms with E-state index >= 15 is 0 Å². The van der Waals surface area contributed by atoms with Crippen LogP contribution in [0.5, 0.6) is 0 Å². The van der Waals surface area contributed by atoms with Crippen molar-refractivity contribution in [3.05, 3.63) is 42.2 Å². The van der Waals surface area contributed by atoms with E-state index in [1.807, 2.05) is 24.3 Å². The van der Waals surface area contributed by atoms with Crippen molar-refractivity contribution < 1.29 is 22.9 Å². The summed E-state index contributed by atoms with van der Waals surface area (Å²) in [6, 6.07) is 7.46. The molecule has 0 saturated heterocycles. The molecule has 2 N–H and O–H groups in total. The average Bonchev–Trinajstić information content (AvgIpc) is 2.26. The second-order valence-electron chi connectivity index (χ2n) is 3.86. The molecule has 0 aliphatic carbocycles. The van der Waals surface area contributed by atoms with Gasteiger partial charge in [-0.1, -0.05) is 18.2 Å². The Morgan fingerprint density at radius 1 is 1.26 bits per heavy atom. The summed E-state index contributed by atoms with van der Waals surface area (Å²) in [5.74, 6) is -0.807. The van der Waals surface area contributed by atoms with Gasteiger partial charge in [0.2, 0.25) is 0 Å². The first-order valence-corrected chi connectivity index (χ1v) is 7.07. The Morgan fingerprint density at radius 3 is 2.47 bits per heavy atom. The van der Waals surface area contributed by atoms with Crippen molar-refractivity contribution >= 4 is 26.9 Å². The Bertz CT molecular complexity index is 673. The summed E-state index contributed by atoms with van der Waals surface area (Å²) in [6.07, 6.45) is 4.25. The van der Waals surface area contributed by atoms with Crippen LogP contribution in [0.2, 0.25) is 0 Å². The van der Waals surface area contributed by atoms with E-state index in [0.29, 0.717) is 6.26 Å². The number of rotatable bonds is 2. The maximum Gasteiger partial charge on any atom is 0.307 e. The number of carboxylic acid groups (broad SMARTS) is 1. The summed E-state index contributed by atoms with van der Waals surface area (Å²) >= 11 is 0. The quantitative estimate of drug-likeness (QED) is 0.806. The Morgan fingerprint density at radius 2 is 1.89 bits per heavy atom. The van der Waals surface area contributed by atoms with Gasteiger partial charge < -0.3 is 5.11 Å². The largest absolute Gasteiger partial charge is 0.481 e. The van der Waals surface area contributed by atoms with Crippen molar-refractivity contribution in [3.8, 4) is 0 Å². The molecular formula is C12H13NO5S. The summed E-state index contributed by atoms with van der Waals surface area (Å²) in [5.41, 5.74) is 0.816. The second-order valence-corrected chi connectivity index (χ2v) is 5.33. The zero-order valence-corrected chi connectivity index (χ0v) is 11.0. The van der Waals surface area contributed by atoms with Crippen LogP contribution in [0.15, 0.2) is 36.7 Å². The SMILES string of the molecule is CS(=O)(=O)O.O=C(O)Cc1ccc2cnccc2c1. The van der Waals surface area contributed by atoms with Crippen LogP contribution in [0.4, 0.5) is 0 Å². The highest BCUT2D eigenvalue weighted by Crippen LogP contribution is 2.14. The van der Waals surface area contributed by atoms with E-state index in [9.17, 15) is 13.2 Å². The number of hydrogen-bond donors (Lipinski definition) is 2. The number of fused-ring (bicyclic) bond motifs is 1. The van der Waals surface area contributed by atoms with Crippen LogP contribution >= 0.6 is 0 Å². The molecule has 2 aromatic rings. The van der Waals surface area contributed by atoms with Gasteiger partial charge in [-0.2, -0.15) is 8.42 Å². The maximum absolute atomic E-state index is 10.5. The van der Waals surface area contributed by atoms with Gasteiger partial charge in [0.05, 0.1) is 12.7 Å². The van der Waals surface area contributed by atoms with Crippen LogP contribution in [-0.2, 0) is 21.3 Å². The fraction of sp³-hybridized carbons (Fsp3) is 0.167. The third-order valence-electron chi connectivity index (χ3n) is 2.06. The molecule has 6 nitrogen and oxygen atoms in total. The molecule has 0 spiro atoms. The lowest BCUT2D eigenvalue weighted by atomic mass is 10.1. The van der Waals surface area contributed by atoms with Gasteiger partial charge in [-0.25, -0.2) is 0 Å². The third kappa shape index (κ3) is 6.49. The molecule has 0 saturated carbocycles. The number of aliphatic carboxylic acids is 1. The van der Waals surface area contributed by atoms with Gasteiger partial charge in [-0.15, -0.1) is 0 Å². The van der Waals surface area contributed by atoms with E-state index in [1.54, 1.807) is 12.4 Å². The summed E-state index contributed by atoms with van der Waals surface area (Å²) < 4.78 is 25.9. The minimum atomic E-state index is -3.67. The summed E-state index contributed by atoms with van der Waals surface area (Å²) in [4.78, 5) is 14.5. The molecule has 0 amide bonds. The van der Waals surface area contributed by atoms with E-state index in [0.717, 1.165) is 16.3 Å². The van der Waals surface area contributed by atoms with Gasteiger partial charge in [-0.3, -0.25) is 14.3 Å². The maximum atomic E-state index is 10.5. The molecule has 1 heterocycles. The van der Waals surface area contributed by atoms with Gasteiger partial charge in [0.1, 0.15) is 0 Å². The van der Waals surface area contributed by atoms with Crippen molar-refractivity contribution in [2.75, 3.05) is 6.26 Å². The summed E-state index contributed by atoms with van der Waals surface area (Å²) in [6.45, 7) is 0. The smallest absolute Gasteiger partial charge is 0.307 e. The number of carbonyl (C=O) groups is 1. The molecule has 0 radical (unpaired) electrons. The van der Waals surface area contributed by atoms with Crippen LogP contribution < -0.4 is 0 Å². The molecule has 0 aliphatic heterocycles. The Kier molecular flexibility index (Phi) is 4.96. The van der Waals surface area contributed by atoms with Crippen LogP contribution in [0.1, 0.15) is 5.56 Å². The first-order valence-electron chi connectivity index (χ1n) is 5.22. The Hall–Kier alpha value is -1.99. The molecule has 19 heavy (non-hydrogen) atoms. The zero-order chi connectivity index (χ0) is 14.5. The molecule has 7 heteroatoms. The fourth-order valence-electron chi connectivity index (χ4n) is 1.42. The van der Waals surface area contributed by atoms with Gasteiger partial charge in [0.25, 0.3) is 10.1 Å². The van der Waals surface area contributed by atoms with E-state index in [1.165, 1.54) is 0 Å². The monoisotopic (exact) mass is 283 g/mol. The lowest BCUT2D eigenvalue weighted by molar-refractivity contribution is -0.136. The predicted octanol–water partition coefficient (Wildman–Crippen LogP) is 1.37. The molecular weight excluding hydrogens is 270 g/mol. The summed E-state index contributed by atoms with van der Waals surface area (Å²) in [5, 5.41) is 10.7. The molecule has 2 rings (SSSR count). The highest BCUT2D eigenvalue weighted by Gasteiger charge is 2.00. The van der Waals surface area contributed by atoms with Crippen LogP contribution in [0, 0.1) is 0 Å². The summed E-state index contributed by atoms with van der Waals surface area (Å²) in [7, 11) is -3.67. The van der Waals surface area contributed by atoms with Crippen LogP contribution in [0.3, 0.4) is 0 Å². The van der Waals surface area contributed by atoms with Crippen LogP contribution in [-0.4, -0.2) is 35.3 Å². The normalized spacial score (nSPS) is 10.6. The number of carboxylic acids is 1. The van der Waals surface area contributed by atoms with Crippen LogP contribution in [0.25, 0.3) is 10.8 Å². The van der Waals surface area contributed by atoms with Gasteiger partial charge in [-0.05, 0) is 17.0 Å². The van der Waals surface area contributed by atoms with Gasteiger partial charge in [0, 0.05) is 17.8 Å². The average molecular weight is 283 g/mol. The molecule has 0 atom stereocenters. The lowest BCUT2D eigenvalue weighted by Gasteiger charge is -1.99. The number of pyridine rings is 1. The number of aromatic nitrogens is 1. The van der Waals surface area contributed by atoms with E-state index in [4.69, 9.17) is 9.66 Å². The molecule has 1 aromatic heterocycles. The van der Waals surface area contributed by atoms with Crippen molar-refractivity contribution in [2.45, 2.75) is 6.42 Å². The van der Waals surface area contributed by atoms with Crippen molar-refractivity contribution in [3.63, 3.8) is 0 Å². The molecule has 0 bridgehead atoms. The van der Waals surface area contributed by atoms with Gasteiger partial charge in [0.15, 0.2) is 0 Å². The van der Waals surface area contributed by atoms with Crippen molar-refractivity contribution in [2.24, 2.45) is 0 Å². The predicted molar refractivity (Wildman–Crippen MR) is 70.6 cm³/mol. The standard InChI is InChI=1S/C11H9NO2.CH4O3S/c13-11(14)6-8-1-2-10-7-12-4-3-9(10)5-8;1-5(2,3)4/h1-5,7H,6H2,(H,13,14);1H3,(H,2,3,4). The van der Waals surface area contributed by atoms with E-state index < -0.39 is 16.1 Å². The molecule has 0 aliphatic rings. The second kappa shape index (κ2) is 6.26. The third-order valence-corrected chi connectivity index (χ3v) is 2.06. The Labute approximate surface area is 110 Å². The van der Waals surface area contributed by atoms with Gasteiger partial charge >= 0.3 is 5.97 Å². The fourth-order valence-corrected chi connectivity index (χ4v) is 1.42. The minimum absolute atomic E-state index is 0.0677.